The van der Waals surface area contributed by atoms with Crippen molar-refractivity contribution in [2.45, 2.75) is 63.3 Å². The largest absolute Gasteiger partial charge is 0.417 e. The summed E-state index contributed by atoms with van der Waals surface area (Å²) in [7, 11) is -4.58. The van der Waals surface area contributed by atoms with Gasteiger partial charge in [0.1, 0.15) is 12.6 Å². The first kappa shape index (κ1) is 35.5. The SMILES string of the molecule is CC[C@H](C(=O)N[C@@H](C)CC)N(Cc1ccc(Cl)c(Cl)c1)C(=O)CN(c1ccc(Cl)c(C(F)(F)F)c1)S(=O)(=O)c1ccccc1. The first-order valence-electron chi connectivity index (χ1n) is 13.6. The maximum atomic E-state index is 14.1. The number of hydrogen-bond donors (Lipinski definition) is 1. The van der Waals surface area contributed by atoms with Crippen LogP contribution in [0.1, 0.15) is 44.7 Å². The molecular formula is C30H31Cl3F3N3O4S. The van der Waals surface area contributed by atoms with Crippen LogP contribution in [0.5, 0.6) is 0 Å². The number of anilines is 1. The highest BCUT2D eigenvalue weighted by Gasteiger charge is 2.37. The molecule has 14 heteroatoms. The minimum atomic E-state index is -4.90. The number of nitrogens with one attached hydrogen (secondary N) is 1. The summed E-state index contributed by atoms with van der Waals surface area (Å²) in [4.78, 5) is 28.4. The monoisotopic (exact) mass is 691 g/mol. The first-order chi connectivity index (χ1) is 20.6. The second-order valence-electron chi connectivity index (χ2n) is 10.00. The van der Waals surface area contributed by atoms with Gasteiger partial charge in [0.2, 0.25) is 11.8 Å². The summed E-state index contributed by atoms with van der Waals surface area (Å²) in [6.45, 7) is 4.25. The molecule has 3 aromatic carbocycles. The van der Waals surface area contributed by atoms with Crippen molar-refractivity contribution < 1.29 is 31.2 Å². The zero-order valence-corrected chi connectivity index (χ0v) is 27.1. The van der Waals surface area contributed by atoms with E-state index in [4.69, 9.17) is 34.8 Å². The Kier molecular flexibility index (Phi) is 12.0. The number of nitrogens with zero attached hydrogens (tertiary/aromatic N) is 2. The van der Waals surface area contributed by atoms with E-state index in [1.54, 1.807) is 26.0 Å². The van der Waals surface area contributed by atoms with E-state index in [2.05, 4.69) is 5.32 Å². The van der Waals surface area contributed by atoms with Crippen LogP contribution in [0.2, 0.25) is 15.1 Å². The van der Waals surface area contributed by atoms with Gasteiger partial charge in [0, 0.05) is 12.6 Å². The maximum Gasteiger partial charge on any atom is 0.417 e. The number of halogens is 6. The summed E-state index contributed by atoms with van der Waals surface area (Å²) in [6, 6.07) is 12.9. The van der Waals surface area contributed by atoms with Gasteiger partial charge < -0.3 is 10.2 Å². The minimum absolute atomic E-state index is 0.153. The summed E-state index contributed by atoms with van der Waals surface area (Å²) in [6.07, 6.45) is -4.13. The van der Waals surface area contributed by atoms with E-state index >= 15 is 0 Å². The van der Waals surface area contributed by atoms with Crippen molar-refractivity contribution in [3.8, 4) is 0 Å². The van der Waals surface area contributed by atoms with Crippen molar-refractivity contribution in [1.82, 2.24) is 10.2 Å². The molecule has 0 fully saturated rings. The molecule has 0 unspecified atom stereocenters. The molecule has 0 radical (unpaired) electrons. The van der Waals surface area contributed by atoms with E-state index < -0.39 is 56.9 Å². The zero-order valence-electron chi connectivity index (χ0n) is 24.0. The van der Waals surface area contributed by atoms with E-state index in [0.29, 0.717) is 22.4 Å². The summed E-state index contributed by atoms with van der Waals surface area (Å²) in [5.41, 5.74) is -1.22. The first-order valence-corrected chi connectivity index (χ1v) is 16.2. The number of benzene rings is 3. The molecule has 1 N–H and O–H groups in total. The molecule has 238 valence electrons. The van der Waals surface area contributed by atoms with E-state index in [1.165, 1.54) is 41.3 Å². The van der Waals surface area contributed by atoms with Crippen molar-refractivity contribution in [2.24, 2.45) is 0 Å². The number of carbonyl (C=O) groups is 2. The molecule has 0 spiro atoms. The Bertz CT molecular complexity index is 1590. The predicted molar refractivity (Wildman–Crippen MR) is 166 cm³/mol. The maximum absolute atomic E-state index is 14.1. The standard InChI is InChI=1S/C30H31Cl3F3N3O4S/c1-4-19(3)37-29(41)27(5-2)38(17-20-11-13-25(32)26(33)15-20)28(40)18-39(44(42,43)22-9-7-6-8-10-22)21-12-14-24(31)23(16-21)30(34,35)36/h6-16,19,27H,4-5,17-18H2,1-3H3,(H,37,41)/t19-,27+/m0/s1. The van der Waals surface area contributed by atoms with Crippen LogP contribution in [0.3, 0.4) is 0 Å². The molecule has 0 aliphatic heterocycles. The summed E-state index contributed by atoms with van der Waals surface area (Å²) >= 11 is 18.1. The smallest absolute Gasteiger partial charge is 0.352 e. The highest BCUT2D eigenvalue weighted by Crippen LogP contribution is 2.38. The highest BCUT2D eigenvalue weighted by molar-refractivity contribution is 7.92. The molecule has 44 heavy (non-hydrogen) atoms. The Hall–Kier alpha value is -2.99. The van der Waals surface area contributed by atoms with Gasteiger partial charge in [0.15, 0.2) is 0 Å². The lowest BCUT2D eigenvalue weighted by Crippen LogP contribution is -2.53. The molecule has 0 aromatic heterocycles. The van der Waals surface area contributed by atoms with Crippen LogP contribution in [-0.2, 0) is 32.3 Å². The molecule has 0 saturated carbocycles. The van der Waals surface area contributed by atoms with Gasteiger partial charge in [0.05, 0.1) is 31.2 Å². The minimum Gasteiger partial charge on any atom is -0.352 e. The number of rotatable bonds is 12. The van der Waals surface area contributed by atoms with Gasteiger partial charge in [-0.15, -0.1) is 0 Å². The zero-order chi connectivity index (χ0) is 32.8. The van der Waals surface area contributed by atoms with Crippen LogP contribution < -0.4 is 9.62 Å². The van der Waals surface area contributed by atoms with Crippen molar-refractivity contribution in [1.29, 1.82) is 0 Å². The molecule has 0 aliphatic carbocycles. The molecule has 0 saturated heterocycles. The Morgan fingerprint density at radius 3 is 2.09 bits per heavy atom. The fourth-order valence-corrected chi connectivity index (χ4v) is 6.30. The highest BCUT2D eigenvalue weighted by atomic mass is 35.5. The molecule has 3 aromatic rings. The molecule has 7 nitrogen and oxygen atoms in total. The summed E-state index contributed by atoms with van der Waals surface area (Å²) in [5.74, 6) is -1.32. The van der Waals surface area contributed by atoms with E-state index in [-0.39, 0.29) is 33.9 Å². The average Bonchev–Trinajstić information content (AvgIpc) is 2.97. The molecular weight excluding hydrogens is 662 g/mol. The number of hydrogen-bond acceptors (Lipinski definition) is 4. The quantitative estimate of drug-likeness (QED) is 0.212. The predicted octanol–water partition coefficient (Wildman–Crippen LogP) is 7.58. The number of carbonyl (C=O) groups excluding carboxylic acids is 2. The average molecular weight is 693 g/mol. The van der Waals surface area contributed by atoms with Gasteiger partial charge >= 0.3 is 6.18 Å². The van der Waals surface area contributed by atoms with Crippen LogP contribution in [0.25, 0.3) is 0 Å². The fourth-order valence-electron chi connectivity index (χ4n) is 4.33. The van der Waals surface area contributed by atoms with E-state index in [1.807, 2.05) is 6.92 Å². The lowest BCUT2D eigenvalue weighted by molar-refractivity contribution is -0.140. The van der Waals surface area contributed by atoms with E-state index in [0.717, 1.165) is 12.1 Å². The Labute approximate surface area is 269 Å². The lowest BCUT2D eigenvalue weighted by Gasteiger charge is -2.34. The third-order valence-corrected chi connectivity index (χ3v) is 9.73. The third kappa shape index (κ3) is 8.59. The molecule has 2 amide bonds. The fraction of sp³-hybridized carbons (Fsp3) is 0.333. The molecule has 0 bridgehead atoms. The van der Waals surface area contributed by atoms with Gasteiger partial charge in [-0.2, -0.15) is 13.2 Å². The molecule has 2 atom stereocenters. The molecule has 0 aliphatic rings. The number of sulfonamides is 1. The number of amides is 2. The van der Waals surface area contributed by atoms with Gasteiger partial charge in [-0.1, -0.05) is 72.9 Å². The van der Waals surface area contributed by atoms with Crippen molar-refractivity contribution >= 4 is 62.3 Å². The summed E-state index contributed by atoms with van der Waals surface area (Å²) < 4.78 is 69.7. The number of alkyl halides is 3. The van der Waals surface area contributed by atoms with Gasteiger partial charge in [0.25, 0.3) is 10.0 Å². The Morgan fingerprint density at radius 2 is 1.52 bits per heavy atom. The Balaban J connectivity index is 2.15. The van der Waals surface area contributed by atoms with Crippen LogP contribution in [0.4, 0.5) is 18.9 Å². The van der Waals surface area contributed by atoms with Gasteiger partial charge in [-0.25, -0.2) is 8.42 Å². The van der Waals surface area contributed by atoms with Crippen LogP contribution in [0, 0.1) is 0 Å². The molecule has 0 heterocycles. The second kappa shape index (κ2) is 14.9. The van der Waals surface area contributed by atoms with Gasteiger partial charge in [-0.3, -0.25) is 13.9 Å². The topological polar surface area (TPSA) is 86.8 Å². The summed E-state index contributed by atoms with van der Waals surface area (Å²) in [5, 5.41) is 2.66. The third-order valence-electron chi connectivity index (χ3n) is 6.88. The van der Waals surface area contributed by atoms with Gasteiger partial charge in [-0.05, 0) is 67.8 Å². The van der Waals surface area contributed by atoms with Crippen LogP contribution in [-0.4, -0.2) is 43.8 Å². The normalized spacial score (nSPS) is 13.2. The Morgan fingerprint density at radius 1 is 0.886 bits per heavy atom. The van der Waals surface area contributed by atoms with E-state index in [9.17, 15) is 31.2 Å². The second-order valence-corrected chi connectivity index (χ2v) is 13.1. The van der Waals surface area contributed by atoms with Crippen molar-refractivity contribution in [2.75, 3.05) is 10.8 Å². The van der Waals surface area contributed by atoms with Crippen molar-refractivity contribution in [3.63, 3.8) is 0 Å². The van der Waals surface area contributed by atoms with Crippen LogP contribution in [0.15, 0.2) is 71.6 Å². The lowest BCUT2D eigenvalue weighted by atomic mass is 10.1. The van der Waals surface area contributed by atoms with Crippen molar-refractivity contribution in [3.05, 3.63) is 92.9 Å². The molecule has 3 rings (SSSR count). The van der Waals surface area contributed by atoms with Crippen LogP contribution >= 0.6 is 34.8 Å².